The lowest BCUT2D eigenvalue weighted by molar-refractivity contribution is -0.252. The van der Waals surface area contributed by atoms with Gasteiger partial charge in [0, 0.05) is 0 Å². The van der Waals surface area contributed by atoms with Crippen molar-refractivity contribution < 1.29 is 24.4 Å². The van der Waals surface area contributed by atoms with Gasteiger partial charge in [0.25, 0.3) is 0 Å². The highest BCUT2D eigenvalue weighted by molar-refractivity contribution is 4.86. The van der Waals surface area contributed by atoms with Gasteiger partial charge in [0.15, 0.2) is 0 Å². The van der Waals surface area contributed by atoms with E-state index >= 15 is 0 Å². The number of hydrogen-bond donors (Lipinski definition) is 3. The van der Waals surface area contributed by atoms with Crippen LogP contribution in [0.2, 0.25) is 0 Å². The summed E-state index contributed by atoms with van der Waals surface area (Å²) in [5, 5.41) is 26.8. The zero-order valence-electron chi connectivity index (χ0n) is 6.01. The molecule has 1 rings (SSSR count). The highest BCUT2D eigenvalue weighted by Gasteiger charge is 2.41. The van der Waals surface area contributed by atoms with Gasteiger partial charge >= 0.3 is 0 Å². The van der Waals surface area contributed by atoms with Gasteiger partial charge in [0.2, 0.25) is 6.36 Å². The Balaban J connectivity index is 2.63. The molecule has 1 heterocycles. The number of aliphatic hydroxyl groups is 3. The quantitative estimate of drug-likeness (QED) is 0.422. The second-order valence-corrected chi connectivity index (χ2v) is 2.66. The second kappa shape index (κ2) is 3.02. The van der Waals surface area contributed by atoms with Crippen molar-refractivity contribution in [2.45, 2.75) is 37.7 Å². The minimum Gasteiger partial charge on any atom is -0.388 e. The van der Waals surface area contributed by atoms with Gasteiger partial charge < -0.3 is 20.1 Å². The monoisotopic (exact) mass is 166 g/mol. The zero-order valence-corrected chi connectivity index (χ0v) is 6.01. The SMILES string of the molecule is C[C@@H]1O[C@H](F)[C@@H](O)[C@H](O)[C@@H]1O. The Morgan fingerprint density at radius 2 is 1.64 bits per heavy atom. The fraction of sp³-hybridized carbons (Fsp3) is 1.00. The van der Waals surface area contributed by atoms with Crippen molar-refractivity contribution >= 4 is 0 Å². The highest BCUT2D eigenvalue weighted by atomic mass is 19.1. The summed E-state index contributed by atoms with van der Waals surface area (Å²) in [7, 11) is 0. The van der Waals surface area contributed by atoms with Crippen LogP contribution in [0.3, 0.4) is 0 Å². The van der Waals surface area contributed by atoms with Gasteiger partial charge in [-0.3, -0.25) is 0 Å². The highest BCUT2D eigenvalue weighted by Crippen LogP contribution is 2.21. The van der Waals surface area contributed by atoms with E-state index in [0.29, 0.717) is 0 Å². The molecular weight excluding hydrogens is 155 g/mol. The first-order valence-corrected chi connectivity index (χ1v) is 3.37. The number of hydrogen-bond acceptors (Lipinski definition) is 4. The summed E-state index contributed by atoms with van der Waals surface area (Å²) in [5.41, 5.74) is 0. The van der Waals surface area contributed by atoms with Crippen LogP contribution in [-0.2, 0) is 4.74 Å². The van der Waals surface area contributed by atoms with Crippen molar-refractivity contribution in [1.29, 1.82) is 0 Å². The van der Waals surface area contributed by atoms with Gasteiger partial charge in [-0.1, -0.05) is 0 Å². The Morgan fingerprint density at radius 3 is 2.18 bits per heavy atom. The van der Waals surface area contributed by atoms with Crippen molar-refractivity contribution in [3.63, 3.8) is 0 Å². The molecule has 11 heavy (non-hydrogen) atoms. The molecule has 1 aliphatic rings. The summed E-state index contributed by atoms with van der Waals surface area (Å²) in [5.74, 6) is 0. The van der Waals surface area contributed by atoms with Crippen LogP contribution in [-0.4, -0.2) is 46.1 Å². The minimum atomic E-state index is -1.91. The summed E-state index contributed by atoms with van der Waals surface area (Å²) in [6, 6.07) is 0. The van der Waals surface area contributed by atoms with Crippen LogP contribution in [0.15, 0.2) is 0 Å². The number of halogens is 1. The summed E-state index contributed by atoms with van der Waals surface area (Å²) < 4.78 is 17.0. The maximum absolute atomic E-state index is 12.5. The van der Waals surface area contributed by atoms with Gasteiger partial charge in [-0.15, -0.1) is 0 Å². The summed E-state index contributed by atoms with van der Waals surface area (Å²) in [6.45, 7) is 1.42. The van der Waals surface area contributed by atoms with Crippen LogP contribution in [0.25, 0.3) is 0 Å². The molecule has 0 bridgehead atoms. The summed E-state index contributed by atoms with van der Waals surface area (Å²) >= 11 is 0. The van der Waals surface area contributed by atoms with Crippen molar-refractivity contribution in [3.8, 4) is 0 Å². The second-order valence-electron chi connectivity index (χ2n) is 2.66. The normalized spacial score (nSPS) is 52.6. The number of ether oxygens (including phenoxy) is 1. The average molecular weight is 166 g/mol. The minimum absolute atomic E-state index is 0.789. The first kappa shape index (κ1) is 8.86. The van der Waals surface area contributed by atoms with Crippen LogP contribution in [0, 0.1) is 0 Å². The lowest BCUT2D eigenvalue weighted by Gasteiger charge is -2.35. The molecule has 0 spiro atoms. The van der Waals surface area contributed by atoms with Crippen molar-refractivity contribution in [1.82, 2.24) is 0 Å². The molecule has 5 heteroatoms. The summed E-state index contributed by atoms with van der Waals surface area (Å²) in [4.78, 5) is 0. The van der Waals surface area contributed by atoms with E-state index < -0.39 is 30.8 Å². The Hall–Kier alpha value is -0.230. The Labute approximate surface area is 63.2 Å². The smallest absolute Gasteiger partial charge is 0.228 e. The lowest BCUT2D eigenvalue weighted by atomic mass is 10.0. The van der Waals surface area contributed by atoms with Crippen molar-refractivity contribution in [3.05, 3.63) is 0 Å². The van der Waals surface area contributed by atoms with E-state index in [4.69, 9.17) is 15.3 Å². The molecule has 1 aliphatic heterocycles. The first-order valence-electron chi connectivity index (χ1n) is 3.37. The van der Waals surface area contributed by atoms with Gasteiger partial charge in [-0.25, -0.2) is 4.39 Å². The fourth-order valence-corrected chi connectivity index (χ4v) is 1.00. The van der Waals surface area contributed by atoms with E-state index in [1.807, 2.05) is 0 Å². The first-order chi connectivity index (χ1) is 5.04. The third-order valence-electron chi connectivity index (χ3n) is 1.79. The number of aliphatic hydroxyl groups excluding tert-OH is 3. The van der Waals surface area contributed by atoms with Gasteiger partial charge in [0.1, 0.15) is 18.3 Å². The largest absolute Gasteiger partial charge is 0.388 e. The summed E-state index contributed by atoms with van der Waals surface area (Å²) in [6.07, 6.45) is -7.04. The maximum Gasteiger partial charge on any atom is 0.228 e. The molecule has 1 saturated heterocycles. The Kier molecular flexibility index (Phi) is 2.43. The molecule has 0 unspecified atom stereocenters. The third kappa shape index (κ3) is 1.51. The van der Waals surface area contributed by atoms with Crippen molar-refractivity contribution in [2.75, 3.05) is 0 Å². The molecule has 0 aromatic heterocycles. The zero-order chi connectivity index (χ0) is 8.59. The molecular formula is C6H11FO4. The third-order valence-corrected chi connectivity index (χ3v) is 1.79. The van der Waals surface area contributed by atoms with Crippen LogP contribution < -0.4 is 0 Å². The van der Waals surface area contributed by atoms with Crippen LogP contribution in [0.4, 0.5) is 4.39 Å². The van der Waals surface area contributed by atoms with E-state index in [1.165, 1.54) is 6.92 Å². The van der Waals surface area contributed by atoms with E-state index in [0.717, 1.165) is 0 Å². The fourth-order valence-electron chi connectivity index (χ4n) is 1.00. The molecule has 0 amide bonds. The van der Waals surface area contributed by atoms with E-state index in [2.05, 4.69) is 4.74 Å². The van der Waals surface area contributed by atoms with Crippen LogP contribution in [0.1, 0.15) is 6.92 Å². The maximum atomic E-state index is 12.5. The van der Waals surface area contributed by atoms with Gasteiger partial charge in [0.05, 0.1) is 6.10 Å². The molecule has 0 saturated carbocycles. The molecule has 0 aliphatic carbocycles. The standard InChI is InChI=1S/C6H11FO4/c1-2-3(8)4(9)5(10)6(7)11-2/h2-6,8-10H,1H3/t2-,3+,4+,5-,6-/m0/s1. The van der Waals surface area contributed by atoms with Crippen LogP contribution >= 0.6 is 0 Å². The lowest BCUT2D eigenvalue weighted by Crippen LogP contribution is -2.55. The molecule has 0 radical (unpaired) electrons. The molecule has 0 aromatic rings. The predicted molar refractivity (Wildman–Crippen MR) is 33.5 cm³/mol. The molecule has 1 fully saturated rings. The molecule has 3 N–H and O–H groups in total. The number of rotatable bonds is 0. The molecule has 0 aromatic carbocycles. The van der Waals surface area contributed by atoms with Crippen molar-refractivity contribution in [2.24, 2.45) is 0 Å². The molecule has 4 nitrogen and oxygen atoms in total. The predicted octanol–water partition coefficient (Wildman–Crippen LogP) is -1.22. The van der Waals surface area contributed by atoms with E-state index in [1.54, 1.807) is 0 Å². The Morgan fingerprint density at radius 1 is 1.09 bits per heavy atom. The molecule has 5 atom stereocenters. The topological polar surface area (TPSA) is 69.9 Å². The molecule has 66 valence electrons. The van der Waals surface area contributed by atoms with Gasteiger partial charge in [-0.05, 0) is 6.92 Å². The van der Waals surface area contributed by atoms with Gasteiger partial charge in [-0.2, -0.15) is 0 Å². The van der Waals surface area contributed by atoms with E-state index in [9.17, 15) is 4.39 Å². The average Bonchev–Trinajstić information content (AvgIpc) is 1.97. The van der Waals surface area contributed by atoms with Crippen LogP contribution in [0.5, 0.6) is 0 Å². The number of alkyl halides is 1. The Bertz CT molecular complexity index is 129. The van der Waals surface area contributed by atoms with E-state index in [-0.39, 0.29) is 0 Å².